The summed E-state index contributed by atoms with van der Waals surface area (Å²) in [5, 5.41) is 15.8. The molecule has 0 saturated heterocycles. The second-order valence-corrected chi connectivity index (χ2v) is 0.150. The van der Waals surface area contributed by atoms with Crippen molar-refractivity contribution in [1.29, 1.82) is 0 Å². The molecule has 0 aliphatic rings. The molecule has 1 N–H and O–H groups in total. The lowest BCUT2D eigenvalue weighted by Crippen LogP contribution is -1.82. The molecule has 0 saturated carbocycles. The Morgan fingerprint density at radius 1 is 1.83 bits per heavy atom. The van der Waals surface area contributed by atoms with E-state index < -0.39 is 0 Å². The minimum absolute atomic E-state index is 1.25. The van der Waals surface area contributed by atoms with Gasteiger partial charge in [-0.15, -0.1) is 4.91 Å². The normalized spacial score (nSPS) is 4.00. The van der Waals surface area contributed by atoms with Gasteiger partial charge in [-0.2, -0.15) is 0 Å². The topological polar surface area (TPSA) is 101 Å². The van der Waals surface area contributed by atoms with Crippen LogP contribution in [0.2, 0.25) is 0 Å². The van der Waals surface area contributed by atoms with Crippen molar-refractivity contribution in [2.75, 3.05) is 0 Å². The highest BCUT2D eigenvalue weighted by molar-refractivity contribution is 4.20. The summed E-state index contributed by atoms with van der Waals surface area (Å²) in [6.07, 6.45) is 0. The predicted octanol–water partition coefficient (Wildman–Crippen LogP) is -0.980. The van der Waals surface area contributed by atoms with Crippen molar-refractivity contribution in [2.24, 2.45) is 5.34 Å². The highest BCUT2D eigenvalue weighted by Crippen LogP contribution is 1.25. The molecule has 6 heavy (non-hydrogen) atoms. The van der Waals surface area contributed by atoms with Gasteiger partial charge in [-0.05, 0) is 0 Å². The van der Waals surface area contributed by atoms with Gasteiger partial charge in [-0.1, -0.05) is 10.2 Å². The van der Waals surface area contributed by atoms with Gasteiger partial charge >= 0.3 is 0 Å². The van der Waals surface area contributed by atoms with Crippen molar-refractivity contribution >= 4 is 0 Å². The van der Waals surface area contributed by atoms with Crippen LogP contribution >= 0.6 is 0 Å². The van der Waals surface area contributed by atoms with Gasteiger partial charge in [0.15, 0.2) is 10.1 Å². The Balaban J connectivity index is 0. The Morgan fingerprint density at radius 2 is 1.83 bits per heavy atom. The first-order valence-electron chi connectivity index (χ1n) is 0.716. The first-order chi connectivity index (χ1) is 2.83. The van der Waals surface area contributed by atoms with Crippen molar-refractivity contribution in [3.05, 3.63) is 14.6 Å². The number of nitrogens with zero attached hydrogens (tertiary/aromatic N) is 1. The second kappa shape index (κ2) is 46.5. The maximum absolute atomic E-state index is 8.11. The summed E-state index contributed by atoms with van der Waals surface area (Å²) in [6.45, 7) is 0. The van der Waals surface area contributed by atoms with Crippen LogP contribution < -0.4 is 5.26 Å². The van der Waals surface area contributed by atoms with Gasteiger partial charge in [0.2, 0.25) is 0 Å². The molecule has 0 aliphatic carbocycles. The van der Waals surface area contributed by atoms with E-state index in [9.17, 15) is 0 Å². The average Bonchev–Trinajstić information content (AvgIpc) is 1.39. The molecule has 0 aromatic rings. The van der Waals surface area contributed by atoms with Gasteiger partial charge in [0.25, 0.3) is 0 Å². The molecule has 0 aliphatic heterocycles. The largest absolute Gasteiger partial charge is 0.379 e. The summed E-state index contributed by atoms with van der Waals surface area (Å²) in [5.74, 6) is 0. The van der Waals surface area contributed by atoms with Crippen molar-refractivity contribution < 1.29 is 10.5 Å². The molecule has 0 aromatic carbocycles. The van der Waals surface area contributed by atoms with E-state index in [1.165, 1.54) is 5.34 Å². The standard InChI is InChI=1S/HNO2.O3/c2-1-3;1-3-2/h(H,2,3);. The zero-order valence-electron chi connectivity index (χ0n) is 2.53. The van der Waals surface area contributed by atoms with Crippen LogP contribution in [0.25, 0.3) is 0 Å². The molecule has 0 fully saturated rings. The Bertz CT molecular complexity index is 24.9. The Hall–Kier alpha value is -1.20. The van der Waals surface area contributed by atoms with E-state index in [0.717, 1.165) is 0 Å². The van der Waals surface area contributed by atoms with Gasteiger partial charge in [-0.3, -0.25) is 0 Å². The lowest BCUT2D eigenvalue weighted by molar-refractivity contribution is -0.284. The third kappa shape index (κ3) is 6.30. The number of hydrogen-bond acceptors (Lipinski definition) is 4. The van der Waals surface area contributed by atoms with Crippen LogP contribution in [0.5, 0.6) is 0 Å². The van der Waals surface area contributed by atoms with Gasteiger partial charge in [-0.25, -0.2) is 0 Å². The molecule has 0 aromatic heterocycles. The van der Waals surface area contributed by atoms with Crippen LogP contribution in [0.3, 0.4) is 0 Å². The van der Waals surface area contributed by atoms with Crippen molar-refractivity contribution in [2.45, 2.75) is 0 Å². The molecule has 0 amide bonds. The number of rotatable bonds is 0. The molecule has 0 heterocycles. The Kier molecular flexibility index (Phi) is 68.6. The minimum atomic E-state index is 1.25. The molecule has 0 bridgehead atoms. The molecule has 0 spiro atoms. The lowest BCUT2D eigenvalue weighted by atomic mass is 13.4. The van der Waals surface area contributed by atoms with E-state index >= 15 is 0 Å². The third-order valence-electron chi connectivity index (χ3n) is 0. The van der Waals surface area contributed by atoms with Crippen molar-refractivity contribution in [3.63, 3.8) is 0 Å². The van der Waals surface area contributed by atoms with Crippen molar-refractivity contribution in [1.82, 2.24) is 0 Å². The summed E-state index contributed by atoms with van der Waals surface area (Å²) in [7, 11) is 0. The molecule has 0 rings (SSSR count). The zero-order valence-corrected chi connectivity index (χ0v) is 2.53. The smallest absolute Gasteiger partial charge is 0.154 e. The predicted molar refractivity (Wildman–Crippen MR) is 14.3 cm³/mol. The Labute approximate surface area is 31.8 Å². The summed E-state index contributed by atoms with van der Waals surface area (Å²) < 4.78 is 1.75. The van der Waals surface area contributed by atoms with Crippen LogP contribution in [-0.4, -0.2) is 5.21 Å². The first-order valence-corrected chi connectivity index (χ1v) is 0.716. The monoisotopic (exact) mass is 95.0 g/mol. The maximum Gasteiger partial charge on any atom is 0.154 e. The fourth-order valence-corrected chi connectivity index (χ4v) is 0. The zero-order chi connectivity index (χ0) is 5.41. The van der Waals surface area contributed by atoms with E-state index in [1.807, 2.05) is 0 Å². The Morgan fingerprint density at radius 3 is 1.83 bits per heavy atom. The number of hydrogen-bond donors (Lipinski definition) is 1. The highest BCUT2D eigenvalue weighted by atomic mass is 17.2. The molecule has 0 atom stereocenters. The van der Waals surface area contributed by atoms with Crippen LogP contribution in [-0.2, 0) is 0 Å². The molecule has 6 nitrogen and oxygen atoms in total. The molecule has 0 unspecified atom stereocenters. The van der Waals surface area contributed by atoms with E-state index in [4.69, 9.17) is 20.3 Å². The van der Waals surface area contributed by atoms with E-state index in [-0.39, 0.29) is 0 Å². The lowest BCUT2D eigenvalue weighted by Gasteiger charge is -1.32. The summed E-state index contributed by atoms with van der Waals surface area (Å²) in [4.78, 5) is 16.0. The fraction of sp³-hybridized carbons (Fsp3) is 0. The molecule has 6 heteroatoms. The highest BCUT2D eigenvalue weighted by Gasteiger charge is 1.27. The van der Waals surface area contributed by atoms with Gasteiger partial charge in [0.1, 0.15) is 0 Å². The van der Waals surface area contributed by atoms with Gasteiger partial charge in [0.05, 0.1) is 0 Å². The van der Waals surface area contributed by atoms with Crippen LogP contribution in [0.4, 0.5) is 0 Å². The van der Waals surface area contributed by atoms with Gasteiger partial charge in [0, 0.05) is 0 Å². The fourth-order valence-electron chi connectivity index (χ4n) is 0. The van der Waals surface area contributed by atoms with Gasteiger partial charge < -0.3 is 5.21 Å². The van der Waals surface area contributed by atoms with Crippen LogP contribution in [0, 0.1) is 14.6 Å². The molecule has 36 valence electrons. The SMILES string of the molecule is O=NO.O=[O+][O-]. The quantitative estimate of drug-likeness (QED) is 0.181. The van der Waals surface area contributed by atoms with Crippen molar-refractivity contribution in [3.8, 4) is 0 Å². The first kappa shape index (κ1) is 8.84. The van der Waals surface area contributed by atoms with E-state index in [1.54, 1.807) is 4.75 Å². The summed E-state index contributed by atoms with van der Waals surface area (Å²) in [5.41, 5.74) is 0. The van der Waals surface area contributed by atoms with E-state index in [0.29, 0.717) is 0 Å². The third-order valence-corrected chi connectivity index (χ3v) is 0. The summed E-state index contributed by atoms with van der Waals surface area (Å²) in [6, 6.07) is 0. The minimum Gasteiger partial charge on any atom is -0.379 e. The summed E-state index contributed by atoms with van der Waals surface area (Å²) >= 11 is 0. The van der Waals surface area contributed by atoms with E-state index in [2.05, 4.69) is 0 Å². The molecule has 0 radical (unpaired) electrons. The average molecular weight is 95.0 g/mol. The van der Waals surface area contributed by atoms with Crippen LogP contribution in [0.15, 0.2) is 5.34 Å². The second-order valence-electron chi connectivity index (χ2n) is 0.150. The molecular formula is HNO5. The molecular weight excluding hydrogens is 94.0 g/mol. The maximum atomic E-state index is 8.11. The van der Waals surface area contributed by atoms with Crippen LogP contribution in [0.1, 0.15) is 0 Å².